The van der Waals surface area contributed by atoms with Crippen LogP contribution in [0.2, 0.25) is 0 Å². The van der Waals surface area contributed by atoms with Crippen LogP contribution in [-0.2, 0) is 6.54 Å². The Bertz CT molecular complexity index is 442. The van der Waals surface area contributed by atoms with E-state index in [-0.39, 0.29) is 6.61 Å². The number of nitrogens with zero attached hydrogens (tertiary/aromatic N) is 1. The van der Waals surface area contributed by atoms with Crippen LogP contribution in [-0.4, -0.2) is 23.2 Å². The summed E-state index contributed by atoms with van der Waals surface area (Å²) in [6.45, 7) is 1.60. The average Bonchev–Trinajstić information content (AvgIpc) is 2.29. The molecular formula is C12H14N2O. The number of nitrogens with one attached hydrogen (secondary N) is 1. The average molecular weight is 202 g/mol. The van der Waals surface area contributed by atoms with Crippen molar-refractivity contribution in [2.45, 2.75) is 6.54 Å². The summed E-state index contributed by atoms with van der Waals surface area (Å²) < 4.78 is 0. The molecule has 78 valence electrons. The first-order valence-electron chi connectivity index (χ1n) is 5.04. The molecule has 0 saturated carbocycles. The van der Waals surface area contributed by atoms with Gasteiger partial charge in [0, 0.05) is 30.9 Å². The van der Waals surface area contributed by atoms with Crippen molar-refractivity contribution in [2.24, 2.45) is 0 Å². The summed E-state index contributed by atoms with van der Waals surface area (Å²) in [4.78, 5) is 4.07. The van der Waals surface area contributed by atoms with Gasteiger partial charge in [0.2, 0.25) is 0 Å². The molecule has 0 radical (unpaired) electrons. The molecule has 0 saturated heterocycles. The van der Waals surface area contributed by atoms with E-state index in [1.54, 1.807) is 6.20 Å². The Kier molecular flexibility index (Phi) is 3.27. The van der Waals surface area contributed by atoms with Crippen molar-refractivity contribution >= 4 is 10.8 Å². The summed E-state index contributed by atoms with van der Waals surface area (Å²) in [7, 11) is 0. The molecule has 2 aromatic rings. The minimum atomic E-state index is 0.178. The van der Waals surface area contributed by atoms with Crippen molar-refractivity contribution in [3.05, 3.63) is 42.2 Å². The highest BCUT2D eigenvalue weighted by Crippen LogP contribution is 2.14. The molecule has 0 bridgehead atoms. The van der Waals surface area contributed by atoms with Gasteiger partial charge in [0.15, 0.2) is 0 Å². The van der Waals surface area contributed by atoms with Gasteiger partial charge < -0.3 is 10.4 Å². The molecule has 0 spiro atoms. The van der Waals surface area contributed by atoms with Crippen molar-refractivity contribution in [2.75, 3.05) is 13.2 Å². The summed E-state index contributed by atoms with van der Waals surface area (Å²) in [6.07, 6.45) is 3.66. The van der Waals surface area contributed by atoms with Gasteiger partial charge in [-0.15, -0.1) is 0 Å². The lowest BCUT2D eigenvalue weighted by atomic mass is 10.1. The maximum Gasteiger partial charge on any atom is 0.0556 e. The molecule has 0 aliphatic carbocycles. The molecule has 2 N–H and O–H groups in total. The molecule has 0 aliphatic rings. The van der Waals surface area contributed by atoms with Crippen molar-refractivity contribution in [1.82, 2.24) is 10.3 Å². The minimum Gasteiger partial charge on any atom is -0.395 e. The molecule has 3 nitrogen and oxygen atoms in total. The first kappa shape index (κ1) is 10.1. The van der Waals surface area contributed by atoms with Crippen LogP contribution in [0.25, 0.3) is 10.8 Å². The second-order valence-corrected chi connectivity index (χ2v) is 3.46. The zero-order valence-electron chi connectivity index (χ0n) is 8.48. The molecule has 1 aromatic carbocycles. The van der Waals surface area contributed by atoms with E-state index in [9.17, 15) is 0 Å². The number of benzene rings is 1. The van der Waals surface area contributed by atoms with Crippen LogP contribution < -0.4 is 5.32 Å². The van der Waals surface area contributed by atoms with Gasteiger partial charge in [0.1, 0.15) is 0 Å². The smallest absolute Gasteiger partial charge is 0.0556 e. The second-order valence-electron chi connectivity index (χ2n) is 3.46. The fourth-order valence-electron chi connectivity index (χ4n) is 1.55. The van der Waals surface area contributed by atoms with Crippen LogP contribution in [0.1, 0.15) is 5.56 Å². The quantitative estimate of drug-likeness (QED) is 0.735. The predicted molar refractivity (Wildman–Crippen MR) is 60.5 cm³/mol. The number of aliphatic hydroxyl groups excluding tert-OH is 1. The Labute approximate surface area is 88.8 Å². The van der Waals surface area contributed by atoms with Gasteiger partial charge in [-0.1, -0.05) is 12.1 Å². The highest BCUT2D eigenvalue weighted by atomic mass is 16.3. The minimum absolute atomic E-state index is 0.178. The van der Waals surface area contributed by atoms with Gasteiger partial charge in [-0.05, 0) is 23.1 Å². The summed E-state index contributed by atoms with van der Waals surface area (Å²) >= 11 is 0. The van der Waals surface area contributed by atoms with Crippen molar-refractivity contribution in [1.29, 1.82) is 0 Å². The monoisotopic (exact) mass is 202 g/mol. The number of pyridine rings is 1. The molecule has 1 aromatic heterocycles. The van der Waals surface area contributed by atoms with Crippen LogP contribution in [0.5, 0.6) is 0 Å². The molecule has 3 heteroatoms. The standard InChI is InChI=1S/C12H14N2O/c15-6-5-14-8-10-1-2-12-9-13-4-3-11(12)7-10/h1-4,7,9,14-15H,5-6,8H2. The molecule has 0 atom stereocenters. The van der Waals surface area contributed by atoms with E-state index in [1.165, 1.54) is 10.9 Å². The molecular weight excluding hydrogens is 188 g/mol. The third-order valence-corrected chi connectivity index (χ3v) is 2.32. The fraction of sp³-hybridized carbons (Fsp3) is 0.250. The van der Waals surface area contributed by atoms with Crippen LogP contribution in [0, 0.1) is 0 Å². The van der Waals surface area contributed by atoms with Gasteiger partial charge in [0.05, 0.1) is 6.61 Å². The summed E-state index contributed by atoms with van der Waals surface area (Å²) in [5.41, 5.74) is 1.22. The lowest BCUT2D eigenvalue weighted by Crippen LogP contribution is -2.17. The highest BCUT2D eigenvalue weighted by Gasteiger charge is 1.95. The molecule has 0 amide bonds. The Morgan fingerprint density at radius 2 is 2.13 bits per heavy atom. The molecule has 15 heavy (non-hydrogen) atoms. The maximum atomic E-state index is 8.65. The van der Waals surface area contributed by atoms with Crippen molar-refractivity contribution in [3.8, 4) is 0 Å². The number of aromatic nitrogens is 1. The van der Waals surface area contributed by atoms with E-state index in [2.05, 4.69) is 28.5 Å². The third-order valence-electron chi connectivity index (χ3n) is 2.32. The largest absolute Gasteiger partial charge is 0.395 e. The van der Waals surface area contributed by atoms with Gasteiger partial charge in [-0.2, -0.15) is 0 Å². The zero-order valence-corrected chi connectivity index (χ0v) is 8.48. The van der Waals surface area contributed by atoms with Gasteiger partial charge in [0.25, 0.3) is 0 Å². The van der Waals surface area contributed by atoms with Gasteiger partial charge >= 0.3 is 0 Å². The zero-order chi connectivity index (χ0) is 10.5. The van der Waals surface area contributed by atoms with E-state index >= 15 is 0 Å². The fourth-order valence-corrected chi connectivity index (χ4v) is 1.55. The molecule has 0 fully saturated rings. The lowest BCUT2D eigenvalue weighted by molar-refractivity contribution is 0.292. The Hall–Kier alpha value is -1.45. The number of fused-ring (bicyclic) bond motifs is 1. The SMILES string of the molecule is OCCNCc1ccc2cnccc2c1. The summed E-state index contributed by atoms with van der Waals surface area (Å²) in [6, 6.07) is 8.29. The normalized spacial score (nSPS) is 10.7. The summed E-state index contributed by atoms with van der Waals surface area (Å²) in [5, 5.41) is 14.2. The van der Waals surface area contributed by atoms with Gasteiger partial charge in [-0.3, -0.25) is 4.98 Å². The van der Waals surface area contributed by atoms with Crippen LogP contribution >= 0.6 is 0 Å². The second kappa shape index (κ2) is 4.87. The first-order valence-corrected chi connectivity index (χ1v) is 5.04. The number of hydrogen-bond acceptors (Lipinski definition) is 3. The van der Waals surface area contributed by atoms with E-state index in [1.807, 2.05) is 12.3 Å². The molecule has 0 aliphatic heterocycles. The van der Waals surface area contributed by atoms with Crippen LogP contribution in [0.4, 0.5) is 0 Å². The topological polar surface area (TPSA) is 45.1 Å². The van der Waals surface area contributed by atoms with E-state index in [0.717, 1.165) is 11.9 Å². The van der Waals surface area contributed by atoms with Gasteiger partial charge in [-0.25, -0.2) is 0 Å². The Morgan fingerprint density at radius 1 is 1.20 bits per heavy atom. The van der Waals surface area contributed by atoms with Crippen LogP contribution in [0.3, 0.4) is 0 Å². The Morgan fingerprint density at radius 3 is 3.00 bits per heavy atom. The Balaban J connectivity index is 2.16. The van der Waals surface area contributed by atoms with E-state index in [0.29, 0.717) is 6.54 Å². The molecule has 0 unspecified atom stereocenters. The number of aliphatic hydroxyl groups is 1. The molecule has 1 heterocycles. The third kappa shape index (κ3) is 2.52. The predicted octanol–water partition coefficient (Wildman–Crippen LogP) is 1.32. The van der Waals surface area contributed by atoms with E-state index in [4.69, 9.17) is 5.11 Å². The lowest BCUT2D eigenvalue weighted by Gasteiger charge is -2.04. The van der Waals surface area contributed by atoms with Crippen LogP contribution in [0.15, 0.2) is 36.7 Å². The highest BCUT2D eigenvalue weighted by molar-refractivity contribution is 5.81. The van der Waals surface area contributed by atoms with Crippen molar-refractivity contribution < 1.29 is 5.11 Å². The van der Waals surface area contributed by atoms with E-state index < -0.39 is 0 Å². The number of rotatable bonds is 4. The first-order chi connectivity index (χ1) is 7.40. The summed E-state index contributed by atoms with van der Waals surface area (Å²) in [5.74, 6) is 0. The maximum absolute atomic E-state index is 8.65. The number of hydrogen-bond donors (Lipinski definition) is 2. The molecule has 2 rings (SSSR count). The van der Waals surface area contributed by atoms with Crippen molar-refractivity contribution in [3.63, 3.8) is 0 Å².